The van der Waals surface area contributed by atoms with Crippen molar-refractivity contribution in [2.24, 2.45) is 5.11 Å². The van der Waals surface area contributed by atoms with E-state index in [-0.39, 0.29) is 6.54 Å². The largest absolute Gasteiger partial charge is 0.360 e. The van der Waals surface area contributed by atoms with E-state index >= 15 is 0 Å². The number of aromatic nitrogens is 1. The second-order valence-electron chi connectivity index (χ2n) is 2.26. The first kappa shape index (κ1) is 9.08. The van der Waals surface area contributed by atoms with Crippen LogP contribution in [-0.4, -0.2) is 17.6 Å². The molecule has 1 aromatic heterocycles. The van der Waals surface area contributed by atoms with E-state index in [9.17, 15) is 4.79 Å². The summed E-state index contributed by atoms with van der Waals surface area (Å²) in [5.41, 5.74) is 7.93. The standard InChI is InChI=1S/C6H7N5O2/c1-4-2-5(10-13-4)9-6(12)3-8-11-7/h2H,3H2,1H3,(H,9,10,12). The van der Waals surface area contributed by atoms with Gasteiger partial charge in [0.2, 0.25) is 5.91 Å². The Labute approximate surface area is 73.3 Å². The highest BCUT2D eigenvalue weighted by atomic mass is 16.5. The van der Waals surface area contributed by atoms with Crippen molar-refractivity contribution in [3.63, 3.8) is 0 Å². The smallest absolute Gasteiger partial charge is 0.231 e. The van der Waals surface area contributed by atoms with E-state index < -0.39 is 5.91 Å². The summed E-state index contributed by atoms with van der Waals surface area (Å²) in [6.07, 6.45) is 0. The van der Waals surface area contributed by atoms with Crippen LogP contribution in [0.1, 0.15) is 5.76 Å². The Morgan fingerprint density at radius 2 is 2.69 bits per heavy atom. The van der Waals surface area contributed by atoms with Crippen molar-refractivity contribution in [1.29, 1.82) is 0 Å². The molecule has 0 saturated heterocycles. The molecule has 0 aliphatic carbocycles. The van der Waals surface area contributed by atoms with E-state index in [0.29, 0.717) is 11.6 Å². The number of hydrogen-bond acceptors (Lipinski definition) is 4. The van der Waals surface area contributed by atoms with Gasteiger partial charge in [-0.15, -0.1) is 0 Å². The molecule has 1 N–H and O–H groups in total. The molecule has 0 aromatic carbocycles. The number of nitrogens with zero attached hydrogens (tertiary/aromatic N) is 4. The molecule has 0 fully saturated rings. The van der Waals surface area contributed by atoms with Crippen LogP contribution in [-0.2, 0) is 4.79 Å². The van der Waals surface area contributed by atoms with Gasteiger partial charge in [0.15, 0.2) is 5.82 Å². The van der Waals surface area contributed by atoms with Crippen LogP contribution in [0.3, 0.4) is 0 Å². The number of hydrogen-bond donors (Lipinski definition) is 1. The summed E-state index contributed by atoms with van der Waals surface area (Å²) in [5, 5.41) is 9.00. The van der Waals surface area contributed by atoms with Crippen molar-refractivity contribution in [1.82, 2.24) is 5.16 Å². The Bertz CT molecular complexity index is 352. The Balaban J connectivity index is 2.49. The van der Waals surface area contributed by atoms with E-state index in [1.165, 1.54) is 0 Å². The predicted molar refractivity (Wildman–Crippen MR) is 43.9 cm³/mol. The Kier molecular flexibility index (Phi) is 2.88. The fraction of sp³-hybridized carbons (Fsp3) is 0.333. The van der Waals surface area contributed by atoms with Crippen molar-refractivity contribution >= 4 is 11.7 Å². The van der Waals surface area contributed by atoms with Gasteiger partial charge in [0.1, 0.15) is 12.3 Å². The third-order valence-electron chi connectivity index (χ3n) is 1.17. The van der Waals surface area contributed by atoms with Gasteiger partial charge in [0.25, 0.3) is 0 Å². The lowest BCUT2D eigenvalue weighted by molar-refractivity contribution is -0.114. The van der Waals surface area contributed by atoms with E-state index in [2.05, 4.69) is 20.5 Å². The minimum atomic E-state index is -0.425. The number of carbonyl (C=O) groups is 1. The Morgan fingerprint density at radius 1 is 1.92 bits per heavy atom. The average molecular weight is 181 g/mol. The lowest BCUT2D eigenvalue weighted by atomic mass is 10.5. The summed E-state index contributed by atoms with van der Waals surface area (Å²) in [5.74, 6) is 0.487. The highest BCUT2D eigenvalue weighted by Gasteiger charge is 2.03. The molecule has 1 aromatic rings. The molecule has 1 heterocycles. The summed E-state index contributed by atoms with van der Waals surface area (Å²) < 4.78 is 4.70. The SMILES string of the molecule is Cc1cc(NC(=O)CN=[N+]=[N-])no1. The molecule has 0 radical (unpaired) electrons. The maximum Gasteiger partial charge on any atom is 0.231 e. The fourth-order valence-electron chi connectivity index (χ4n) is 0.704. The first-order valence-corrected chi connectivity index (χ1v) is 3.46. The van der Waals surface area contributed by atoms with Crippen molar-refractivity contribution in [2.75, 3.05) is 11.9 Å². The van der Waals surface area contributed by atoms with Crippen molar-refractivity contribution in [2.45, 2.75) is 6.92 Å². The lowest BCUT2D eigenvalue weighted by Gasteiger charge is -1.94. The van der Waals surface area contributed by atoms with Crippen LogP contribution in [0.5, 0.6) is 0 Å². The van der Waals surface area contributed by atoms with Gasteiger partial charge in [0, 0.05) is 11.0 Å². The van der Waals surface area contributed by atoms with Crippen molar-refractivity contribution < 1.29 is 9.32 Å². The number of carbonyl (C=O) groups excluding carboxylic acids is 1. The summed E-state index contributed by atoms with van der Waals surface area (Å²) in [6, 6.07) is 1.56. The maximum absolute atomic E-state index is 10.9. The molecule has 0 saturated carbocycles. The molecule has 0 aliphatic rings. The van der Waals surface area contributed by atoms with Gasteiger partial charge in [-0.3, -0.25) is 4.79 Å². The average Bonchev–Trinajstić information content (AvgIpc) is 2.48. The molecule has 13 heavy (non-hydrogen) atoms. The van der Waals surface area contributed by atoms with Gasteiger partial charge in [-0.25, -0.2) is 0 Å². The highest BCUT2D eigenvalue weighted by molar-refractivity contribution is 5.91. The number of anilines is 1. The summed E-state index contributed by atoms with van der Waals surface area (Å²) in [6.45, 7) is 1.46. The van der Waals surface area contributed by atoms with Crippen LogP contribution in [0.15, 0.2) is 15.7 Å². The molecular weight excluding hydrogens is 174 g/mol. The van der Waals surface area contributed by atoms with Crippen LogP contribution in [0.25, 0.3) is 10.4 Å². The van der Waals surface area contributed by atoms with E-state index in [0.717, 1.165) is 0 Å². The van der Waals surface area contributed by atoms with Crippen LogP contribution >= 0.6 is 0 Å². The quantitative estimate of drug-likeness (QED) is 0.430. The topological polar surface area (TPSA) is 104 Å². The zero-order chi connectivity index (χ0) is 9.68. The summed E-state index contributed by atoms with van der Waals surface area (Å²) in [4.78, 5) is 13.4. The number of azide groups is 1. The second kappa shape index (κ2) is 4.13. The zero-order valence-corrected chi connectivity index (χ0v) is 6.89. The Hall–Kier alpha value is -2.01. The van der Waals surface area contributed by atoms with E-state index in [4.69, 9.17) is 10.1 Å². The predicted octanol–water partition coefficient (Wildman–Crippen LogP) is 1.23. The third kappa shape index (κ3) is 2.84. The zero-order valence-electron chi connectivity index (χ0n) is 6.89. The van der Waals surface area contributed by atoms with Crippen molar-refractivity contribution in [3.05, 3.63) is 22.3 Å². The number of nitrogens with one attached hydrogen (secondary N) is 1. The van der Waals surface area contributed by atoms with Gasteiger partial charge in [-0.1, -0.05) is 10.3 Å². The minimum absolute atomic E-state index is 0.248. The van der Waals surface area contributed by atoms with Crippen molar-refractivity contribution in [3.8, 4) is 0 Å². The van der Waals surface area contributed by atoms with Gasteiger partial charge >= 0.3 is 0 Å². The van der Waals surface area contributed by atoms with Gasteiger partial charge in [0.05, 0.1) is 0 Å². The summed E-state index contributed by atoms with van der Waals surface area (Å²) >= 11 is 0. The highest BCUT2D eigenvalue weighted by Crippen LogP contribution is 2.06. The molecule has 68 valence electrons. The first-order chi connectivity index (χ1) is 6.22. The first-order valence-electron chi connectivity index (χ1n) is 3.46. The van der Waals surface area contributed by atoms with Crippen LogP contribution in [0, 0.1) is 6.92 Å². The van der Waals surface area contributed by atoms with Crippen LogP contribution < -0.4 is 5.32 Å². The number of amides is 1. The second-order valence-corrected chi connectivity index (χ2v) is 2.26. The normalized spacial score (nSPS) is 9.00. The molecule has 7 heteroatoms. The van der Waals surface area contributed by atoms with E-state index in [1.54, 1.807) is 13.0 Å². The molecule has 0 spiro atoms. The fourth-order valence-corrected chi connectivity index (χ4v) is 0.704. The molecule has 0 unspecified atom stereocenters. The lowest BCUT2D eigenvalue weighted by Crippen LogP contribution is -2.14. The molecule has 7 nitrogen and oxygen atoms in total. The van der Waals surface area contributed by atoms with E-state index in [1.807, 2.05) is 0 Å². The van der Waals surface area contributed by atoms with Gasteiger partial charge < -0.3 is 9.84 Å². The third-order valence-corrected chi connectivity index (χ3v) is 1.17. The van der Waals surface area contributed by atoms with Gasteiger partial charge in [-0.2, -0.15) is 0 Å². The molecule has 0 bridgehead atoms. The number of rotatable bonds is 3. The monoisotopic (exact) mass is 181 g/mol. The molecule has 1 rings (SSSR count). The molecule has 0 aliphatic heterocycles. The molecule has 1 amide bonds. The van der Waals surface area contributed by atoms with Gasteiger partial charge in [-0.05, 0) is 12.5 Å². The molecular formula is C6H7N5O2. The number of aryl methyl sites for hydroxylation is 1. The maximum atomic E-state index is 10.9. The molecule has 0 atom stereocenters. The Morgan fingerprint density at radius 3 is 3.23 bits per heavy atom. The van der Waals surface area contributed by atoms with Crippen LogP contribution in [0.2, 0.25) is 0 Å². The summed E-state index contributed by atoms with van der Waals surface area (Å²) in [7, 11) is 0. The van der Waals surface area contributed by atoms with Crippen LogP contribution in [0.4, 0.5) is 5.82 Å². The minimum Gasteiger partial charge on any atom is -0.360 e.